The number of anilines is 1. The maximum Gasteiger partial charge on any atom is 0.349 e. The molecule has 162 valence electrons. The van der Waals surface area contributed by atoms with Crippen molar-refractivity contribution in [2.75, 3.05) is 38.7 Å². The second-order valence-corrected chi connectivity index (χ2v) is 8.73. The molecule has 0 saturated carbocycles. The Balaban J connectivity index is 1.62. The highest BCUT2D eigenvalue weighted by molar-refractivity contribution is 7.89. The molecule has 1 N–H and O–H groups in total. The molecule has 2 heterocycles. The van der Waals surface area contributed by atoms with Gasteiger partial charge in [0.1, 0.15) is 21.8 Å². The van der Waals surface area contributed by atoms with E-state index >= 15 is 0 Å². The van der Waals surface area contributed by atoms with E-state index in [0.717, 1.165) is 0 Å². The summed E-state index contributed by atoms with van der Waals surface area (Å²) in [4.78, 5) is 24.8. The standard InChI is InChI=1S/C21H20N2O7S/c1-28-18-13-15(6-7-19(18)31(26,27)23-8-10-29-11-9-23)22-20(24)16-12-14-4-2-3-5-17(14)30-21(16)25/h2-7,12-13H,8-11H2,1H3,(H,22,24). The molecular formula is C21H20N2O7S. The first-order valence-corrected chi connectivity index (χ1v) is 10.9. The Morgan fingerprint density at radius 2 is 1.84 bits per heavy atom. The molecule has 0 unspecified atom stereocenters. The van der Waals surface area contributed by atoms with Crippen LogP contribution in [0.3, 0.4) is 0 Å². The Hall–Kier alpha value is -3.21. The number of nitrogens with zero attached hydrogens (tertiary/aromatic N) is 1. The minimum Gasteiger partial charge on any atom is -0.495 e. The van der Waals surface area contributed by atoms with Gasteiger partial charge < -0.3 is 19.2 Å². The summed E-state index contributed by atoms with van der Waals surface area (Å²) in [5, 5.41) is 3.20. The predicted octanol–water partition coefficient (Wildman–Crippen LogP) is 2.07. The molecule has 1 saturated heterocycles. The Morgan fingerprint density at radius 1 is 1.10 bits per heavy atom. The molecule has 4 rings (SSSR count). The van der Waals surface area contributed by atoms with Crippen LogP contribution in [0.15, 0.2) is 62.6 Å². The molecule has 0 radical (unpaired) electrons. The van der Waals surface area contributed by atoms with Gasteiger partial charge in [-0.2, -0.15) is 4.31 Å². The van der Waals surface area contributed by atoms with Gasteiger partial charge in [0, 0.05) is 30.2 Å². The van der Waals surface area contributed by atoms with Crippen molar-refractivity contribution in [1.82, 2.24) is 4.31 Å². The fourth-order valence-corrected chi connectivity index (χ4v) is 4.85. The monoisotopic (exact) mass is 444 g/mol. The van der Waals surface area contributed by atoms with Gasteiger partial charge in [-0.3, -0.25) is 4.79 Å². The molecule has 3 aromatic rings. The smallest absolute Gasteiger partial charge is 0.349 e. The van der Waals surface area contributed by atoms with Crippen molar-refractivity contribution in [3.8, 4) is 5.75 Å². The van der Waals surface area contributed by atoms with E-state index in [1.165, 1.54) is 35.7 Å². The van der Waals surface area contributed by atoms with Crippen LogP contribution in [0, 0.1) is 0 Å². The molecular weight excluding hydrogens is 424 g/mol. The third-order valence-electron chi connectivity index (χ3n) is 4.90. The van der Waals surface area contributed by atoms with Gasteiger partial charge in [-0.25, -0.2) is 13.2 Å². The Morgan fingerprint density at radius 3 is 2.58 bits per heavy atom. The number of benzene rings is 2. The van der Waals surface area contributed by atoms with Crippen molar-refractivity contribution in [2.45, 2.75) is 4.90 Å². The van der Waals surface area contributed by atoms with Crippen molar-refractivity contribution in [3.05, 3.63) is 64.5 Å². The Bertz CT molecular complexity index is 1290. The highest BCUT2D eigenvalue weighted by Gasteiger charge is 2.29. The van der Waals surface area contributed by atoms with E-state index in [1.54, 1.807) is 24.3 Å². The Labute approximate surface area is 178 Å². The number of fused-ring (bicyclic) bond motifs is 1. The van der Waals surface area contributed by atoms with Gasteiger partial charge in [-0.1, -0.05) is 18.2 Å². The van der Waals surface area contributed by atoms with Crippen LogP contribution < -0.4 is 15.7 Å². The van der Waals surface area contributed by atoms with Crippen LogP contribution in [0.5, 0.6) is 5.75 Å². The van der Waals surface area contributed by atoms with Gasteiger partial charge in [0.2, 0.25) is 10.0 Å². The summed E-state index contributed by atoms with van der Waals surface area (Å²) in [5.74, 6) is -0.597. The number of rotatable bonds is 5. The van der Waals surface area contributed by atoms with Crippen molar-refractivity contribution in [1.29, 1.82) is 0 Å². The SMILES string of the molecule is COc1cc(NC(=O)c2cc3ccccc3oc2=O)ccc1S(=O)(=O)N1CCOCC1. The van der Waals surface area contributed by atoms with Gasteiger partial charge in [-0.15, -0.1) is 0 Å². The van der Waals surface area contributed by atoms with Gasteiger partial charge >= 0.3 is 5.63 Å². The number of ether oxygens (including phenoxy) is 2. The highest BCUT2D eigenvalue weighted by Crippen LogP contribution is 2.30. The molecule has 31 heavy (non-hydrogen) atoms. The van der Waals surface area contributed by atoms with E-state index in [9.17, 15) is 18.0 Å². The number of sulfonamides is 1. The van der Waals surface area contributed by atoms with Crippen molar-refractivity contribution >= 4 is 32.6 Å². The minimum absolute atomic E-state index is 0.0138. The lowest BCUT2D eigenvalue weighted by molar-refractivity contribution is 0.0729. The van der Waals surface area contributed by atoms with E-state index < -0.39 is 21.6 Å². The lowest BCUT2D eigenvalue weighted by Crippen LogP contribution is -2.40. The number of carbonyl (C=O) groups is 1. The van der Waals surface area contributed by atoms with Crippen LogP contribution in [0.25, 0.3) is 11.0 Å². The zero-order valence-electron chi connectivity index (χ0n) is 16.7. The van der Waals surface area contributed by atoms with E-state index in [0.29, 0.717) is 24.2 Å². The highest BCUT2D eigenvalue weighted by atomic mass is 32.2. The summed E-state index contributed by atoms with van der Waals surface area (Å²) < 4.78 is 42.9. The van der Waals surface area contributed by atoms with Crippen LogP contribution in [-0.2, 0) is 14.8 Å². The van der Waals surface area contributed by atoms with Crippen molar-refractivity contribution in [2.24, 2.45) is 0 Å². The first-order valence-electron chi connectivity index (χ1n) is 9.50. The van der Waals surface area contributed by atoms with Gasteiger partial charge in [0.15, 0.2) is 0 Å². The van der Waals surface area contributed by atoms with E-state index in [2.05, 4.69) is 5.32 Å². The van der Waals surface area contributed by atoms with E-state index in [1.807, 2.05) is 0 Å². The fraction of sp³-hybridized carbons (Fsp3) is 0.238. The molecule has 1 aliphatic rings. The van der Waals surface area contributed by atoms with Gasteiger partial charge in [-0.05, 0) is 24.3 Å². The van der Waals surface area contributed by atoms with Gasteiger partial charge in [0.05, 0.1) is 20.3 Å². The molecule has 0 spiro atoms. The van der Waals surface area contributed by atoms with Gasteiger partial charge in [0.25, 0.3) is 5.91 Å². The maximum atomic E-state index is 12.9. The number of hydrogen-bond donors (Lipinski definition) is 1. The second kappa shape index (κ2) is 8.50. The summed E-state index contributed by atoms with van der Waals surface area (Å²) >= 11 is 0. The first kappa shape index (κ1) is 21.0. The number of morpholine rings is 1. The first-order chi connectivity index (χ1) is 14.9. The van der Waals surface area contributed by atoms with Crippen molar-refractivity contribution in [3.63, 3.8) is 0 Å². The minimum atomic E-state index is -3.78. The normalized spacial score (nSPS) is 15.0. The molecule has 0 aliphatic carbocycles. The van der Waals surface area contributed by atoms with Crippen LogP contribution in [0.1, 0.15) is 10.4 Å². The lowest BCUT2D eigenvalue weighted by Gasteiger charge is -2.26. The molecule has 1 aromatic heterocycles. The number of hydrogen-bond acceptors (Lipinski definition) is 7. The molecule has 9 nitrogen and oxygen atoms in total. The number of nitrogens with one attached hydrogen (secondary N) is 1. The van der Waals surface area contributed by atoms with Crippen LogP contribution in [0.2, 0.25) is 0 Å². The quantitative estimate of drug-likeness (QED) is 0.599. The zero-order valence-corrected chi connectivity index (χ0v) is 17.5. The largest absolute Gasteiger partial charge is 0.495 e. The fourth-order valence-electron chi connectivity index (χ4n) is 3.30. The average Bonchev–Trinajstić information content (AvgIpc) is 2.78. The maximum absolute atomic E-state index is 12.9. The molecule has 1 amide bonds. The molecule has 0 atom stereocenters. The van der Waals surface area contributed by atoms with Crippen molar-refractivity contribution < 1.29 is 27.1 Å². The zero-order chi connectivity index (χ0) is 22.0. The number of para-hydroxylation sites is 1. The number of amides is 1. The summed E-state index contributed by atoms with van der Waals surface area (Å²) in [6, 6.07) is 12.5. The summed E-state index contributed by atoms with van der Waals surface area (Å²) in [6.45, 7) is 1.15. The molecule has 0 bridgehead atoms. The third kappa shape index (κ3) is 4.18. The van der Waals surface area contributed by atoms with E-state index in [-0.39, 0.29) is 35.0 Å². The topological polar surface area (TPSA) is 115 Å². The molecule has 1 aliphatic heterocycles. The number of carbonyl (C=O) groups excluding carboxylic acids is 1. The number of methoxy groups -OCH3 is 1. The average molecular weight is 444 g/mol. The van der Waals surface area contributed by atoms with Crippen LogP contribution >= 0.6 is 0 Å². The summed E-state index contributed by atoms with van der Waals surface area (Å²) in [7, 11) is -2.44. The predicted molar refractivity (Wildman–Crippen MR) is 113 cm³/mol. The van der Waals surface area contributed by atoms with Crippen LogP contribution in [-0.4, -0.2) is 52.0 Å². The molecule has 10 heteroatoms. The Kier molecular flexibility index (Phi) is 5.77. The molecule has 1 fully saturated rings. The third-order valence-corrected chi connectivity index (χ3v) is 6.83. The lowest BCUT2D eigenvalue weighted by atomic mass is 10.1. The summed E-state index contributed by atoms with van der Waals surface area (Å²) in [5.41, 5.74) is -0.281. The van der Waals surface area contributed by atoms with E-state index in [4.69, 9.17) is 13.9 Å². The van der Waals surface area contributed by atoms with Crippen LogP contribution in [0.4, 0.5) is 5.69 Å². The molecule has 2 aromatic carbocycles. The summed E-state index contributed by atoms with van der Waals surface area (Å²) in [6.07, 6.45) is 0. The second-order valence-electron chi connectivity index (χ2n) is 6.82.